The van der Waals surface area contributed by atoms with Gasteiger partial charge in [0, 0.05) is 5.16 Å². The molecule has 66 valence electrons. The largest absolute Gasteiger partial charge is 1.00 e. The zero-order valence-electron chi connectivity index (χ0n) is 8.27. The van der Waals surface area contributed by atoms with E-state index in [1.807, 2.05) is 36.0 Å². The molecule has 1 heterocycles. The van der Waals surface area contributed by atoms with Crippen LogP contribution in [0.15, 0.2) is 46.6 Å². The summed E-state index contributed by atoms with van der Waals surface area (Å²) in [6.45, 7) is 0. The van der Waals surface area contributed by atoms with Crippen LogP contribution >= 0.6 is 11.8 Å². The minimum Gasteiger partial charge on any atom is -0.430 e. The molecule has 1 aromatic heterocycles. The molecule has 0 saturated carbocycles. The van der Waals surface area contributed by atoms with Crippen molar-refractivity contribution in [2.45, 2.75) is 10.1 Å². The van der Waals surface area contributed by atoms with Crippen LogP contribution in [0.5, 0.6) is 0 Å². The summed E-state index contributed by atoms with van der Waals surface area (Å²) in [4.78, 5) is 5.31. The second-order valence-corrected chi connectivity index (χ2v) is 3.72. The Kier molecular flexibility index (Phi) is 4.34. The fourth-order valence-electron chi connectivity index (χ4n) is 0.994. The Balaban J connectivity index is 0.000000980. The molecular weight excluding hydrogens is 187 g/mol. The monoisotopic (exact) mass is 196 g/mol. The second-order valence-electron chi connectivity index (χ2n) is 2.68. The van der Waals surface area contributed by atoms with Crippen LogP contribution < -0.4 is 18.9 Å². The van der Waals surface area contributed by atoms with Gasteiger partial charge in [-0.25, -0.2) is 0 Å². The molecule has 0 N–H and O–H groups in total. The molecule has 0 saturated heterocycles. The van der Waals surface area contributed by atoms with E-state index in [0.29, 0.717) is 0 Å². The van der Waals surface area contributed by atoms with Crippen molar-refractivity contribution in [2.24, 2.45) is 7.05 Å². The van der Waals surface area contributed by atoms with Crippen LogP contribution in [0.1, 0.15) is 0 Å². The third kappa shape index (κ3) is 2.68. The van der Waals surface area contributed by atoms with Crippen molar-refractivity contribution >= 4 is 11.8 Å². The topological polar surface area (TPSA) is 17.8 Å². The molecule has 4 heteroatoms. The number of imidazole rings is 1. The molecule has 0 spiro atoms. The van der Waals surface area contributed by atoms with Gasteiger partial charge in [-0.3, -0.25) is 0 Å². The van der Waals surface area contributed by atoms with E-state index in [2.05, 4.69) is 23.3 Å². The van der Waals surface area contributed by atoms with Gasteiger partial charge in [0.1, 0.15) is 0 Å². The van der Waals surface area contributed by atoms with Gasteiger partial charge in [-0.1, -0.05) is 24.4 Å². The second kappa shape index (κ2) is 5.31. The van der Waals surface area contributed by atoms with Crippen molar-refractivity contribution in [2.75, 3.05) is 0 Å². The third-order valence-corrected chi connectivity index (χ3v) is 2.74. The van der Waals surface area contributed by atoms with Gasteiger partial charge in [0.15, 0.2) is 0 Å². The summed E-state index contributed by atoms with van der Waals surface area (Å²) in [6, 6.07) is 10.2. The molecule has 0 fully saturated rings. The molecule has 0 aliphatic rings. The van der Waals surface area contributed by atoms with Gasteiger partial charge >= 0.3 is 18.9 Å². The van der Waals surface area contributed by atoms with Crippen molar-refractivity contribution in [3.8, 4) is 0 Å². The van der Waals surface area contributed by atoms with Gasteiger partial charge in [0.25, 0.3) is 0 Å². The summed E-state index contributed by atoms with van der Waals surface area (Å²) in [5.74, 6) is 0. The third-order valence-electron chi connectivity index (χ3n) is 1.67. The minimum atomic E-state index is 0. The minimum absolute atomic E-state index is 0. The predicted molar refractivity (Wildman–Crippen MR) is 52.6 cm³/mol. The van der Waals surface area contributed by atoms with Gasteiger partial charge in [-0.2, -0.15) is 11.8 Å². The number of benzene rings is 1. The zero-order chi connectivity index (χ0) is 9.10. The van der Waals surface area contributed by atoms with Crippen LogP contribution in [0, 0.1) is 6.20 Å². The first-order chi connectivity index (χ1) is 6.36. The van der Waals surface area contributed by atoms with Gasteiger partial charge in [-0.05, 0) is 24.1 Å². The number of hydrogen-bond acceptors (Lipinski definition) is 2. The molecule has 0 aliphatic carbocycles. The molecule has 0 unspecified atom stereocenters. The Morgan fingerprint density at radius 2 is 2.00 bits per heavy atom. The van der Waals surface area contributed by atoms with Crippen molar-refractivity contribution in [3.05, 3.63) is 42.7 Å². The molecular formula is C10H9LiN2S. The Morgan fingerprint density at radius 1 is 1.29 bits per heavy atom. The van der Waals surface area contributed by atoms with Crippen molar-refractivity contribution < 1.29 is 18.9 Å². The summed E-state index contributed by atoms with van der Waals surface area (Å²) in [7, 11) is 1.97. The van der Waals surface area contributed by atoms with Crippen molar-refractivity contribution in [1.29, 1.82) is 0 Å². The molecule has 14 heavy (non-hydrogen) atoms. The Bertz CT molecular complexity index is 386. The number of rotatable bonds is 2. The quantitative estimate of drug-likeness (QED) is 0.470. The van der Waals surface area contributed by atoms with E-state index in [1.165, 1.54) is 4.90 Å². The molecule has 2 nitrogen and oxygen atoms in total. The fraction of sp³-hybridized carbons (Fsp3) is 0.100. The average Bonchev–Trinajstić information content (AvgIpc) is 2.54. The van der Waals surface area contributed by atoms with Gasteiger partial charge in [0.05, 0.1) is 0 Å². The van der Waals surface area contributed by atoms with E-state index in [-0.39, 0.29) is 18.9 Å². The van der Waals surface area contributed by atoms with Crippen molar-refractivity contribution in [3.63, 3.8) is 0 Å². The molecule has 0 amide bonds. The van der Waals surface area contributed by atoms with Crippen LogP contribution in [0.3, 0.4) is 0 Å². The van der Waals surface area contributed by atoms with E-state index in [0.717, 1.165) is 5.16 Å². The SMILES string of the molecule is Cn1c[c-]nc1Sc1ccccc1.[Li+]. The molecule has 2 rings (SSSR count). The van der Waals surface area contributed by atoms with E-state index < -0.39 is 0 Å². The Morgan fingerprint density at radius 3 is 2.57 bits per heavy atom. The maximum atomic E-state index is 4.11. The first kappa shape index (κ1) is 11.5. The summed E-state index contributed by atoms with van der Waals surface area (Å²) in [6.07, 6.45) is 4.64. The van der Waals surface area contributed by atoms with Gasteiger partial charge in [0.2, 0.25) is 0 Å². The summed E-state index contributed by atoms with van der Waals surface area (Å²) in [5, 5.41) is 0.964. The van der Waals surface area contributed by atoms with Crippen LogP contribution in [0.25, 0.3) is 0 Å². The van der Waals surface area contributed by atoms with Gasteiger partial charge < -0.3 is 9.55 Å². The average molecular weight is 196 g/mol. The zero-order valence-corrected chi connectivity index (χ0v) is 9.08. The van der Waals surface area contributed by atoms with Crippen molar-refractivity contribution in [1.82, 2.24) is 9.55 Å². The Hall–Kier alpha value is -0.623. The number of aromatic nitrogens is 2. The van der Waals surface area contributed by atoms with E-state index in [1.54, 1.807) is 11.8 Å². The van der Waals surface area contributed by atoms with Crippen LogP contribution in [-0.4, -0.2) is 9.55 Å². The summed E-state index contributed by atoms with van der Waals surface area (Å²) in [5.41, 5.74) is 0. The van der Waals surface area contributed by atoms with Crippen LogP contribution in [-0.2, 0) is 7.05 Å². The maximum Gasteiger partial charge on any atom is 1.00 e. The Labute approximate surface area is 99.9 Å². The smallest absolute Gasteiger partial charge is 0.430 e. The van der Waals surface area contributed by atoms with Crippen LogP contribution in [0.2, 0.25) is 0 Å². The summed E-state index contributed by atoms with van der Waals surface area (Å²) >= 11 is 1.64. The number of aryl methyl sites for hydroxylation is 1. The first-order valence-corrected chi connectivity index (χ1v) is 4.80. The first-order valence-electron chi connectivity index (χ1n) is 3.98. The van der Waals surface area contributed by atoms with Crippen LogP contribution in [0.4, 0.5) is 0 Å². The maximum absolute atomic E-state index is 4.11. The molecule has 1 aromatic carbocycles. The van der Waals surface area contributed by atoms with E-state index in [4.69, 9.17) is 0 Å². The molecule has 0 aliphatic heterocycles. The fourth-order valence-corrected chi connectivity index (χ4v) is 1.79. The molecule has 2 aromatic rings. The number of nitrogens with zero attached hydrogens (tertiary/aromatic N) is 2. The summed E-state index contributed by atoms with van der Waals surface area (Å²) < 4.78 is 1.96. The molecule has 0 atom stereocenters. The normalized spacial score (nSPS) is 9.50. The van der Waals surface area contributed by atoms with E-state index >= 15 is 0 Å². The van der Waals surface area contributed by atoms with E-state index in [9.17, 15) is 0 Å². The number of hydrogen-bond donors (Lipinski definition) is 0. The molecule has 0 bridgehead atoms. The standard InChI is InChI=1S/C10H9N2S.Li/c1-12-8-7-11-10(12)13-9-5-3-2-4-6-9;/h2-6,8H,1H3;/q-1;+1. The molecule has 0 radical (unpaired) electrons. The predicted octanol–water partition coefficient (Wildman–Crippen LogP) is -0.625. The van der Waals surface area contributed by atoms with Gasteiger partial charge in [-0.15, -0.1) is 6.20 Å².